The summed E-state index contributed by atoms with van der Waals surface area (Å²) in [6.07, 6.45) is 0.423. The Balaban J connectivity index is 1.89. The number of para-hydroxylation sites is 1. The molecule has 2 aromatic carbocycles. The number of rotatable bonds is 3. The standard InChI is InChI=1S/C17H15NOS/c1-11-7-8-13(12(2)9-11)10-15(19)17-18-14-5-3-4-6-16(14)20-17/h3-9H,10H2,1-2H3. The van der Waals surface area contributed by atoms with Crippen molar-refractivity contribution >= 4 is 27.3 Å². The smallest absolute Gasteiger partial charge is 0.195 e. The Labute approximate surface area is 122 Å². The van der Waals surface area contributed by atoms with Crippen molar-refractivity contribution in [1.29, 1.82) is 0 Å². The maximum absolute atomic E-state index is 12.4. The van der Waals surface area contributed by atoms with Gasteiger partial charge in [-0.05, 0) is 37.1 Å². The zero-order valence-electron chi connectivity index (χ0n) is 11.5. The summed E-state index contributed by atoms with van der Waals surface area (Å²) in [5, 5.41) is 0.603. The number of carbonyl (C=O) groups is 1. The predicted molar refractivity (Wildman–Crippen MR) is 83.6 cm³/mol. The molecule has 1 aromatic heterocycles. The van der Waals surface area contributed by atoms with Crippen molar-refractivity contribution in [2.24, 2.45) is 0 Å². The van der Waals surface area contributed by atoms with E-state index in [-0.39, 0.29) is 5.78 Å². The van der Waals surface area contributed by atoms with Gasteiger partial charge in [-0.3, -0.25) is 4.79 Å². The number of thiazole rings is 1. The number of carbonyl (C=O) groups excluding carboxylic acids is 1. The first kappa shape index (κ1) is 13.0. The van der Waals surface area contributed by atoms with Crippen LogP contribution in [0.1, 0.15) is 26.5 Å². The van der Waals surface area contributed by atoms with Crippen molar-refractivity contribution in [3.63, 3.8) is 0 Å². The van der Waals surface area contributed by atoms with Gasteiger partial charge in [0.25, 0.3) is 0 Å². The fourth-order valence-corrected chi connectivity index (χ4v) is 3.19. The summed E-state index contributed by atoms with van der Waals surface area (Å²) in [7, 11) is 0. The number of hydrogen-bond acceptors (Lipinski definition) is 3. The molecule has 0 aliphatic heterocycles. The highest BCUT2D eigenvalue weighted by Gasteiger charge is 2.13. The van der Waals surface area contributed by atoms with E-state index < -0.39 is 0 Å². The van der Waals surface area contributed by atoms with E-state index in [1.54, 1.807) is 0 Å². The molecule has 3 aromatic rings. The third-order valence-corrected chi connectivity index (χ3v) is 4.46. The van der Waals surface area contributed by atoms with E-state index in [0.29, 0.717) is 11.4 Å². The summed E-state index contributed by atoms with van der Waals surface area (Å²) < 4.78 is 1.07. The molecular formula is C17H15NOS. The van der Waals surface area contributed by atoms with Crippen LogP contribution < -0.4 is 0 Å². The Morgan fingerprint density at radius 1 is 1.15 bits per heavy atom. The monoisotopic (exact) mass is 281 g/mol. The molecule has 0 atom stereocenters. The van der Waals surface area contributed by atoms with E-state index in [2.05, 4.69) is 18.0 Å². The van der Waals surface area contributed by atoms with Crippen LogP contribution in [0, 0.1) is 13.8 Å². The van der Waals surface area contributed by atoms with Crippen LogP contribution in [0.5, 0.6) is 0 Å². The average Bonchev–Trinajstić information content (AvgIpc) is 2.86. The van der Waals surface area contributed by atoms with Gasteiger partial charge >= 0.3 is 0 Å². The minimum atomic E-state index is 0.0955. The van der Waals surface area contributed by atoms with Gasteiger partial charge in [0.1, 0.15) is 0 Å². The van der Waals surface area contributed by atoms with Crippen molar-refractivity contribution in [3.8, 4) is 0 Å². The highest BCUT2D eigenvalue weighted by molar-refractivity contribution is 7.20. The lowest BCUT2D eigenvalue weighted by atomic mass is 10.0. The first-order chi connectivity index (χ1) is 9.63. The van der Waals surface area contributed by atoms with Gasteiger partial charge in [0.15, 0.2) is 10.8 Å². The number of ketones is 1. The number of hydrogen-bond donors (Lipinski definition) is 0. The molecule has 0 saturated carbocycles. The van der Waals surface area contributed by atoms with Crippen molar-refractivity contribution < 1.29 is 4.79 Å². The van der Waals surface area contributed by atoms with Gasteiger partial charge in [-0.1, -0.05) is 35.9 Å². The molecule has 0 unspecified atom stereocenters. The van der Waals surface area contributed by atoms with E-state index >= 15 is 0 Å². The van der Waals surface area contributed by atoms with Crippen LogP contribution in [-0.2, 0) is 6.42 Å². The topological polar surface area (TPSA) is 30.0 Å². The van der Waals surface area contributed by atoms with Gasteiger partial charge < -0.3 is 0 Å². The minimum Gasteiger partial charge on any atom is -0.291 e. The average molecular weight is 281 g/mol. The second kappa shape index (κ2) is 5.17. The quantitative estimate of drug-likeness (QED) is 0.668. The molecule has 100 valence electrons. The highest BCUT2D eigenvalue weighted by Crippen LogP contribution is 2.23. The summed E-state index contributed by atoms with van der Waals surface area (Å²) >= 11 is 1.47. The van der Waals surface area contributed by atoms with Gasteiger partial charge in [-0.25, -0.2) is 4.98 Å². The maximum Gasteiger partial charge on any atom is 0.195 e. The first-order valence-electron chi connectivity index (χ1n) is 6.58. The molecule has 20 heavy (non-hydrogen) atoms. The second-order valence-corrected chi connectivity index (χ2v) is 6.05. The van der Waals surface area contributed by atoms with Crippen LogP contribution >= 0.6 is 11.3 Å². The van der Waals surface area contributed by atoms with Gasteiger partial charge in [-0.2, -0.15) is 0 Å². The molecule has 0 fully saturated rings. The lowest BCUT2D eigenvalue weighted by molar-refractivity contribution is 0.0992. The van der Waals surface area contributed by atoms with Crippen LogP contribution in [0.4, 0.5) is 0 Å². The Morgan fingerprint density at radius 3 is 2.70 bits per heavy atom. The van der Waals surface area contributed by atoms with E-state index in [4.69, 9.17) is 0 Å². The van der Waals surface area contributed by atoms with E-state index in [9.17, 15) is 4.79 Å². The minimum absolute atomic E-state index is 0.0955. The van der Waals surface area contributed by atoms with Crippen LogP contribution in [0.3, 0.4) is 0 Å². The maximum atomic E-state index is 12.4. The summed E-state index contributed by atoms with van der Waals surface area (Å²) in [6.45, 7) is 4.11. The normalized spacial score (nSPS) is 10.9. The third-order valence-electron chi connectivity index (χ3n) is 3.38. The summed E-state index contributed by atoms with van der Waals surface area (Å²) in [5.41, 5.74) is 4.37. The third kappa shape index (κ3) is 2.49. The Hall–Kier alpha value is -2.00. The van der Waals surface area contributed by atoms with Crippen LogP contribution in [0.2, 0.25) is 0 Å². The number of Topliss-reactive ketones (excluding diaryl/α,β-unsaturated/α-hetero) is 1. The van der Waals surface area contributed by atoms with E-state index in [0.717, 1.165) is 15.8 Å². The number of nitrogens with zero attached hydrogens (tertiary/aromatic N) is 1. The number of benzene rings is 2. The molecule has 3 rings (SSSR count). The second-order valence-electron chi connectivity index (χ2n) is 5.02. The molecule has 0 radical (unpaired) electrons. The molecule has 3 heteroatoms. The van der Waals surface area contributed by atoms with Crippen molar-refractivity contribution in [2.45, 2.75) is 20.3 Å². The molecule has 0 amide bonds. The number of fused-ring (bicyclic) bond motifs is 1. The van der Waals surface area contributed by atoms with Crippen molar-refractivity contribution in [2.75, 3.05) is 0 Å². The predicted octanol–water partition coefficient (Wildman–Crippen LogP) is 4.34. The fourth-order valence-electron chi connectivity index (χ4n) is 2.28. The molecule has 0 bridgehead atoms. The SMILES string of the molecule is Cc1ccc(CC(=O)c2nc3ccccc3s2)c(C)c1. The molecule has 0 N–H and O–H groups in total. The molecule has 0 spiro atoms. The van der Waals surface area contributed by atoms with Crippen LogP contribution in [-0.4, -0.2) is 10.8 Å². The first-order valence-corrected chi connectivity index (χ1v) is 7.40. The number of aromatic nitrogens is 1. The largest absolute Gasteiger partial charge is 0.291 e. The zero-order valence-corrected chi connectivity index (χ0v) is 12.3. The van der Waals surface area contributed by atoms with Crippen molar-refractivity contribution in [3.05, 3.63) is 64.2 Å². The molecular weight excluding hydrogens is 266 g/mol. The van der Waals surface area contributed by atoms with Gasteiger partial charge in [0.2, 0.25) is 0 Å². The van der Waals surface area contributed by atoms with Gasteiger partial charge in [-0.15, -0.1) is 11.3 Å². The van der Waals surface area contributed by atoms with Crippen LogP contribution in [0.25, 0.3) is 10.2 Å². The molecule has 0 saturated heterocycles. The molecule has 0 aliphatic rings. The summed E-state index contributed by atoms with van der Waals surface area (Å²) in [5.74, 6) is 0.0955. The Morgan fingerprint density at radius 2 is 1.95 bits per heavy atom. The zero-order chi connectivity index (χ0) is 14.1. The lowest BCUT2D eigenvalue weighted by Crippen LogP contribution is -2.04. The van der Waals surface area contributed by atoms with Gasteiger partial charge in [0, 0.05) is 6.42 Å². The Kier molecular flexibility index (Phi) is 3.36. The summed E-state index contributed by atoms with van der Waals surface area (Å²) in [6, 6.07) is 14.1. The highest BCUT2D eigenvalue weighted by atomic mass is 32.1. The number of aryl methyl sites for hydroxylation is 2. The molecule has 1 heterocycles. The fraction of sp³-hybridized carbons (Fsp3) is 0.176. The van der Waals surface area contributed by atoms with E-state index in [1.807, 2.05) is 43.3 Å². The van der Waals surface area contributed by atoms with Crippen LogP contribution in [0.15, 0.2) is 42.5 Å². The van der Waals surface area contributed by atoms with Gasteiger partial charge in [0.05, 0.1) is 10.2 Å². The summed E-state index contributed by atoms with van der Waals surface area (Å²) in [4.78, 5) is 16.8. The molecule has 0 aliphatic carbocycles. The Bertz CT molecular complexity index is 756. The lowest BCUT2D eigenvalue weighted by Gasteiger charge is -2.04. The van der Waals surface area contributed by atoms with E-state index in [1.165, 1.54) is 22.5 Å². The van der Waals surface area contributed by atoms with Crippen molar-refractivity contribution in [1.82, 2.24) is 4.98 Å². The molecule has 2 nitrogen and oxygen atoms in total.